The van der Waals surface area contributed by atoms with Crippen molar-refractivity contribution in [2.75, 3.05) is 12.5 Å². The minimum Gasteiger partial charge on any atom is -0.504 e. The molecule has 0 amide bonds. The topological polar surface area (TPSA) is 67.5 Å². The number of phenols is 1. The van der Waals surface area contributed by atoms with Gasteiger partial charge in [-0.05, 0) is 15.9 Å². The van der Waals surface area contributed by atoms with Crippen LogP contribution in [0, 0.1) is 0 Å². The molecule has 0 aliphatic rings. The molecule has 5 heteroatoms. The van der Waals surface area contributed by atoms with Crippen LogP contribution in [0.25, 0.3) is 0 Å². The molecule has 0 saturated carbocycles. The second kappa shape index (κ2) is 3.64. The van der Waals surface area contributed by atoms with Gasteiger partial charge in [-0.3, -0.25) is 5.84 Å². The largest absolute Gasteiger partial charge is 0.504 e. The molecule has 0 aromatic heterocycles. The van der Waals surface area contributed by atoms with Crippen molar-refractivity contribution in [2.24, 2.45) is 5.84 Å². The second-order valence-corrected chi connectivity index (χ2v) is 3.00. The van der Waals surface area contributed by atoms with Crippen LogP contribution < -0.4 is 16.0 Å². The molecule has 12 heavy (non-hydrogen) atoms. The first-order valence-electron chi connectivity index (χ1n) is 3.22. The number of methoxy groups -OCH3 is 1. The molecule has 0 unspecified atom stereocenters. The Morgan fingerprint density at radius 2 is 2.25 bits per heavy atom. The molecule has 1 aromatic carbocycles. The van der Waals surface area contributed by atoms with Crippen molar-refractivity contribution in [3.63, 3.8) is 0 Å². The third-order valence-electron chi connectivity index (χ3n) is 1.42. The first-order valence-corrected chi connectivity index (χ1v) is 4.01. The highest BCUT2D eigenvalue weighted by Gasteiger charge is 2.06. The normalized spacial score (nSPS) is 9.58. The van der Waals surface area contributed by atoms with Gasteiger partial charge in [-0.1, -0.05) is 0 Å². The number of rotatable bonds is 2. The van der Waals surface area contributed by atoms with Gasteiger partial charge in [0.15, 0.2) is 11.5 Å². The van der Waals surface area contributed by atoms with Gasteiger partial charge in [0.05, 0.1) is 12.8 Å². The van der Waals surface area contributed by atoms with Crippen LogP contribution in [0.3, 0.4) is 0 Å². The van der Waals surface area contributed by atoms with Crippen LogP contribution in [-0.4, -0.2) is 12.2 Å². The van der Waals surface area contributed by atoms with Crippen LogP contribution in [0.4, 0.5) is 5.69 Å². The summed E-state index contributed by atoms with van der Waals surface area (Å²) in [7, 11) is 1.48. The van der Waals surface area contributed by atoms with E-state index in [9.17, 15) is 5.11 Å². The SMILES string of the molecule is COc1cc(Br)c(NN)cc1O. The van der Waals surface area contributed by atoms with Gasteiger partial charge in [-0.15, -0.1) is 0 Å². The van der Waals surface area contributed by atoms with E-state index < -0.39 is 0 Å². The highest BCUT2D eigenvalue weighted by atomic mass is 79.9. The number of hydrogen-bond donors (Lipinski definition) is 3. The van der Waals surface area contributed by atoms with Gasteiger partial charge < -0.3 is 15.3 Å². The average molecular weight is 233 g/mol. The minimum absolute atomic E-state index is 0.0497. The molecule has 0 radical (unpaired) electrons. The van der Waals surface area contributed by atoms with Crippen molar-refractivity contribution in [3.05, 3.63) is 16.6 Å². The lowest BCUT2D eigenvalue weighted by molar-refractivity contribution is 0.373. The monoisotopic (exact) mass is 232 g/mol. The summed E-state index contributed by atoms with van der Waals surface area (Å²) in [6.07, 6.45) is 0. The molecule has 0 spiro atoms. The number of aromatic hydroxyl groups is 1. The predicted octanol–water partition coefficient (Wildman–Crippen LogP) is 1.45. The van der Waals surface area contributed by atoms with Crippen molar-refractivity contribution in [1.82, 2.24) is 0 Å². The van der Waals surface area contributed by atoms with Gasteiger partial charge in [0.25, 0.3) is 0 Å². The van der Waals surface area contributed by atoms with E-state index in [4.69, 9.17) is 10.6 Å². The average Bonchev–Trinajstić information content (AvgIpc) is 2.08. The van der Waals surface area contributed by atoms with E-state index >= 15 is 0 Å². The molecule has 0 bridgehead atoms. The molecule has 0 aliphatic carbocycles. The van der Waals surface area contributed by atoms with E-state index in [1.807, 2.05) is 0 Å². The van der Waals surface area contributed by atoms with Crippen LogP contribution in [0.1, 0.15) is 0 Å². The van der Waals surface area contributed by atoms with E-state index in [-0.39, 0.29) is 5.75 Å². The number of nitrogen functional groups attached to an aromatic ring is 1. The van der Waals surface area contributed by atoms with Gasteiger partial charge >= 0.3 is 0 Å². The number of hydrogen-bond acceptors (Lipinski definition) is 4. The molecule has 0 aliphatic heterocycles. The first kappa shape index (κ1) is 9.15. The zero-order chi connectivity index (χ0) is 9.14. The number of nitrogens with two attached hydrogens (primary N) is 1. The van der Waals surface area contributed by atoms with Gasteiger partial charge in [0.1, 0.15) is 0 Å². The lowest BCUT2D eigenvalue weighted by Crippen LogP contribution is -2.07. The molecule has 4 N–H and O–H groups in total. The number of benzene rings is 1. The van der Waals surface area contributed by atoms with Crippen LogP contribution in [0.2, 0.25) is 0 Å². The lowest BCUT2D eigenvalue weighted by atomic mass is 10.3. The Kier molecular flexibility index (Phi) is 2.78. The Balaban J connectivity index is 3.16. The highest BCUT2D eigenvalue weighted by Crippen LogP contribution is 2.34. The second-order valence-electron chi connectivity index (χ2n) is 2.15. The summed E-state index contributed by atoms with van der Waals surface area (Å²) in [6.45, 7) is 0. The number of hydrazine groups is 1. The molecule has 0 fully saturated rings. The molecule has 0 saturated heterocycles. The van der Waals surface area contributed by atoms with Gasteiger partial charge in [0, 0.05) is 16.6 Å². The van der Waals surface area contributed by atoms with Crippen molar-refractivity contribution in [1.29, 1.82) is 0 Å². The Hall–Kier alpha value is -0.940. The number of phenolic OH excluding ortho intramolecular Hbond substituents is 1. The third kappa shape index (κ3) is 1.62. The molecule has 1 rings (SSSR count). The summed E-state index contributed by atoms with van der Waals surface area (Å²) < 4.78 is 5.61. The van der Waals surface area contributed by atoms with Crippen molar-refractivity contribution >= 4 is 21.6 Å². The molecule has 4 nitrogen and oxygen atoms in total. The van der Waals surface area contributed by atoms with Crippen molar-refractivity contribution in [3.8, 4) is 11.5 Å². The molecule has 0 atom stereocenters. The van der Waals surface area contributed by atoms with Crippen LogP contribution >= 0.6 is 15.9 Å². The van der Waals surface area contributed by atoms with Crippen LogP contribution in [-0.2, 0) is 0 Å². The summed E-state index contributed by atoms with van der Waals surface area (Å²) in [5.41, 5.74) is 3.03. The maximum absolute atomic E-state index is 9.31. The lowest BCUT2D eigenvalue weighted by Gasteiger charge is -2.07. The minimum atomic E-state index is 0.0497. The number of nitrogens with one attached hydrogen (secondary N) is 1. The first-order chi connectivity index (χ1) is 5.69. The maximum atomic E-state index is 9.31. The number of anilines is 1. The third-order valence-corrected chi connectivity index (χ3v) is 2.08. The summed E-state index contributed by atoms with van der Waals surface area (Å²) in [5, 5.41) is 9.31. The summed E-state index contributed by atoms with van der Waals surface area (Å²) in [5.74, 6) is 5.63. The summed E-state index contributed by atoms with van der Waals surface area (Å²) in [6, 6.07) is 3.10. The van der Waals surface area contributed by atoms with Gasteiger partial charge in [0.2, 0.25) is 0 Å². The number of halogens is 1. The summed E-state index contributed by atoms with van der Waals surface area (Å²) >= 11 is 3.25. The van der Waals surface area contributed by atoms with Crippen molar-refractivity contribution in [2.45, 2.75) is 0 Å². The molecule has 1 aromatic rings. The standard InChI is InChI=1S/C7H9BrN2O2/c1-12-7-2-4(8)5(10-9)3-6(7)11/h2-3,10-11H,9H2,1H3. The van der Waals surface area contributed by atoms with Gasteiger partial charge in [-0.2, -0.15) is 0 Å². The maximum Gasteiger partial charge on any atom is 0.161 e. The van der Waals surface area contributed by atoms with E-state index in [1.54, 1.807) is 6.07 Å². The van der Waals surface area contributed by atoms with E-state index in [1.165, 1.54) is 13.2 Å². The molecular formula is C7H9BrN2O2. The Morgan fingerprint density at radius 3 is 2.75 bits per heavy atom. The van der Waals surface area contributed by atoms with Gasteiger partial charge in [-0.25, -0.2) is 0 Å². The van der Waals surface area contributed by atoms with E-state index in [2.05, 4.69) is 21.4 Å². The number of ether oxygens (including phenoxy) is 1. The smallest absolute Gasteiger partial charge is 0.161 e. The zero-order valence-corrected chi connectivity index (χ0v) is 8.05. The Morgan fingerprint density at radius 1 is 1.58 bits per heavy atom. The fourth-order valence-electron chi connectivity index (χ4n) is 0.818. The fourth-order valence-corrected chi connectivity index (χ4v) is 1.25. The predicted molar refractivity (Wildman–Crippen MR) is 50.2 cm³/mol. The highest BCUT2D eigenvalue weighted by molar-refractivity contribution is 9.10. The van der Waals surface area contributed by atoms with Crippen molar-refractivity contribution < 1.29 is 9.84 Å². The zero-order valence-electron chi connectivity index (χ0n) is 6.47. The Bertz CT molecular complexity index is 261. The quantitative estimate of drug-likeness (QED) is 0.534. The van der Waals surface area contributed by atoms with E-state index in [0.29, 0.717) is 11.4 Å². The van der Waals surface area contributed by atoms with E-state index in [0.717, 1.165) is 4.47 Å². The van der Waals surface area contributed by atoms with Crippen LogP contribution in [0.5, 0.6) is 11.5 Å². The summed E-state index contributed by atoms with van der Waals surface area (Å²) in [4.78, 5) is 0. The fraction of sp³-hybridized carbons (Fsp3) is 0.143. The van der Waals surface area contributed by atoms with Crippen LogP contribution in [0.15, 0.2) is 16.6 Å². The molecule has 0 heterocycles. The molecular weight excluding hydrogens is 224 g/mol. The Labute approximate surface area is 78.4 Å². The molecule has 66 valence electrons.